The summed E-state index contributed by atoms with van der Waals surface area (Å²) < 4.78 is 43.8. The Bertz CT molecular complexity index is 859. The number of carbonyl (C=O) groups excluding carboxylic acids is 2. The monoisotopic (exact) mass is 490 g/mol. The lowest BCUT2D eigenvalue weighted by molar-refractivity contribution is -0.137. The van der Waals surface area contributed by atoms with Gasteiger partial charge in [0.25, 0.3) is 0 Å². The van der Waals surface area contributed by atoms with Crippen LogP contribution in [0.5, 0.6) is 0 Å². The molecule has 0 aromatic carbocycles. The second kappa shape index (κ2) is 9.95. The molecule has 0 atom stereocenters. The lowest BCUT2D eigenvalue weighted by Crippen LogP contribution is -2.50. The molecule has 1 aromatic heterocycles. The van der Waals surface area contributed by atoms with Gasteiger partial charge in [0, 0.05) is 44.3 Å². The molecule has 0 saturated carbocycles. The fourth-order valence-corrected chi connectivity index (χ4v) is 4.31. The van der Waals surface area contributed by atoms with E-state index in [4.69, 9.17) is 16.3 Å². The zero-order chi connectivity index (χ0) is 24.4. The number of halogens is 4. The average Bonchev–Trinajstić information content (AvgIpc) is 2.72. The number of anilines is 1. The Balaban J connectivity index is 1.45. The number of nitrogens with zero attached hydrogens (tertiary/aromatic N) is 3. The number of hydrogen-bond donors (Lipinski definition) is 1. The zero-order valence-electron chi connectivity index (χ0n) is 19.0. The van der Waals surface area contributed by atoms with Crippen molar-refractivity contribution in [1.29, 1.82) is 0 Å². The first-order valence-corrected chi connectivity index (χ1v) is 11.5. The summed E-state index contributed by atoms with van der Waals surface area (Å²) in [5, 5.41) is 3.03. The molecule has 1 aromatic rings. The second-order valence-corrected chi connectivity index (χ2v) is 9.95. The Morgan fingerprint density at radius 3 is 2.21 bits per heavy atom. The van der Waals surface area contributed by atoms with Gasteiger partial charge in [0.15, 0.2) is 0 Å². The first-order chi connectivity index (χ1) is 15.3. The number of aromatic nitrogens is 1. The van der Waals surface area contributed by atoms with E-state index in [1.54, 1.807) is 4.90 Å². The van der Waals surface area contributed by atoms with Gasteiger partial charge in [-0.2, -0.15) is 13.2 Å². The SMILES string of the molecule is CC(C)(C)OC(=O)N1CCC(NC(=O)C2CCN(c3ncc(C(F)(F)F)cc3Cl)CC2)CC1. The second-order valence-electron chi connectivity index (χ2n) is 9.54. The first kappa shape index (κ1) is 25.4. The number of alkyl halides is 3. The molecule has 0 aliphatic carbocycles. The van der Waals surface area contributed by atoms with Crippen molar-refractivity contribution in [3.8, 4) is 0 Å². The molecule has 2 aliphatic rings. The van der Waals surface area contributed by atoms with Crippen molar-refractivity contribution in [2.75, 3.05) is 31.1 Å². The third kappa shape index (κ3) is 6.88. The van der Waals surface area contributed by atoms with Crippen LogP contribution in [-0.2, 0) is 15.7 Å². The summed E-state index contributed by atoms with van der Waals surface area (Å²) in [5.74, 6) is 0.0910. The molecule has 1 N–H and O–H groups in total. The summed E-state index contributed by atoms with van der Waals surface area (Å²) in [6.45, 7) is 7.48. The minimum atomic E-state index is -4.50. The van der Waals surface area contributed by atoms with Crippen LogP contribution in [0.4, 0.5) is 23.8 Å². The highest BCUT2D eigenvalue weighted by Gasteiger charge is 2.34. The van der Waals surface area contributed by atoms with Gasteiger partial charge in [0.05, 0.1) is 10.6 Å². The molecule has 0 radical (unpaired) electrons. The van der Waals surface area contributed by atoms with Crippen molar-refractivity contribution in [2.45, 2.75) is 64.3 Å². The van der Waals surface area contributed by atoms with Crippen LogP contribution in [0.25, 0.3) is 0 Å². The van der Waals surface area contributed by atoms with Gasteiger partial charge in [-0.3, -0.25) is 4.79 Å². The zero-order valence-corrected chi connectivity index (χ0v) is 19.8. The Hall–Kier alpha value is -2.23. The van der Waals surface area contributed by atoms with E-state index in [9.17, 15) is 22.8 Å². The van der Waals surface area contributed by atoms with E-state index in [0.29, 0.717) is 57.7 Å². The molecule has 0 spiro atoms. The van der Waals surface area contributed by atoms with Gasteiger partial charge in [-0.15, -0.1) is 0 Å². The number of likely N-dealkylation sites (tertiary alicyclic amines) is 1. The molecule has 11 heteroatoms. The summed E-state index contributed by atoms with van der Waals surface area (Å²) in [5.41, 5.74) is -1.43. The number of nitrogens with one attached hydrogen (secondary N) is 1. The minimum absolute atomic E-state index is 0.000223. The third-order valence-electron chi connectivity index (χ3n) is 5.81. The summed E-state index contributed by atoms with van der Waals surface area (Å²) in [6, 6.07) is 0.881. The average molecular weight is 491 g/mol. The highest BCUT2D eigenvalue weighted by molar-refractivity contribution is 6.33. The van der Waals surface area contributed by atoms with E-state index in [1.165, 1.54) is 0 Å². The van der Waals surface area contributed by atoms with Gasteiger partial charge >= 0.3 is 12.3 Å². The van der Waals surface area contributed by atoms with Gasteiger partial charge in [-0.25, -0.2) is 9.78 Å². The van der Waals surface area contributed by atoms with Crippen molar-refractivity contribution in [3.05, 3.63) is 22.8 Å². The summed E-state index contributed by atoms with van der Waals surface area (Å²) in [6.07, 6.45) is -1.62. The number of hydrogen-bond acceptors (Lipinski definition) is 5. The lowest BCUT2D eigenvalue weighted by Gasteiger charge is -2.36. The van der Waals surface area contributed by atoms with Crippen molar-refractivity contribution in [3.63, 3.8) is 0 Å². The Labute approximate surface area is 196 Å². The summed E-state index contributed by atoms with van der Waals surface area (Å²) >= 11 is 6.05. The van der Waals surface area contributed by atoms with E-state index in [2.05, 4.69) is 10.3 Å². The molecule has 3 rings (SSSR count). The quantitative estimate of drug-likeness (QED) is 0.676. The molecule has 7 nitrogen and oxygen atoms in total. The van der Waals surface area contributed by atoms with Crippen molar-refractivity contribution in [1.82, 2.24) is 15.2 Å². The van der Waals surface area contributed by atoms with Crippen LogP contribution in [0.15, 0.2) is 12.3 Å². The van der Waals surface area contributed by atoms with Crippen LogP contribution in [0.1, 0.15) is 52.0 Å². The Kier molecular flexibility index (Phi) is 7.65. The number of pyridine rings is 1. The largest absolute Gasteiger partial charge is 0.444 e. The number of carbonyl (C=O) groups is 2. The number of piperidine rings is 2. The van der Waals surface area contributed by atoms with Crippen LogP contribution >= 0.6 is 11.6 Å². The Morgan fingerprint density at radius 1 is 1.09 bits per heavy atom. The number of amides is 2. The molecule has 0 bridgehead atoms. The molecule has 2 aliphatic heterocycles. The molecular weight excluding hydrogens is 461 g/mol. The molecule has 3 heterocycles. The van der Waals surface area contributed by atoms with Gasteiger partial charge in [0.2, 0.25) is 5.91 Å². The van der Waals surface area contributed by atoms with E-state index in [-0.39, 0.29) is 29.0 Å². The maximum absolute atomic E-state index is 12.8. The van der Waals surface area contributed by atoms with Crippen LogP contribution < -0.4 is 10.2 Å². The van der Waals surface area contributed by atoms with Crippen LogP contribution in [0.2, 0.25) is 5.02 Å². The number of rotatable bonds is 3. The smallest absolute Gasteiger partial charge is 0.417 e. The minimum Gasteiger partial charge on any atom is -0.444 e. The predicted octanol–water partition coefficient (Wildman–Crippen LogP) is 4.49. The fourth-order valence-electron chi connectivity index (χ4n) is 4.02. The standard InChI is InChI=1S/C22H30ClF3N4O3/c1-21(2,3)33-20(32)30-10-6-16(7-11-30)28-19(31)14-4-8-29(9-5-14)18-17(23)12-15(13-27-18)22(24,25)26/h12-14,16H,4-11H2,1-3H3,(H,28,31). The molecule has 2 amide bonds. The molecule has 0 unspecified atom stereocenters. The lowest BCUT2D eigenvalue weighted by atomic mass is 9.94. The van der Waals surface area contributed by atoms with E-state index in [0.717, 1.165) is 12.3 Å². The molecule has 33 heavy (non-hydrogen) atoms. The van der Waals surface area contributed by atoms with Crippen LogP contribution in [0.3, 0.4) is 0 Å². The van der Waals surface area contributed by atoms with E-state index < -0.39 is 17.3 Å². The molecular formula is C22H30ClF3N4O3. The molecule has 184 valence electrons. The van der Waals surface area contributed by atoms with Gasteiger partial charge in [-0.05, 0) is 52.5 Å². The highest BCUT2D eigenvalue weighted by atomic mass is 35.5. The fraction of sp³-hybridized carbons (Fsp3) is 0.682. The van der Waals surface area contributed by atoms with Crippen molar-refractivity contribution < 1.29 is 27.5 Å². The van der Waals surface area contributed by atoms with Gasteiger partial charge < -0.3 is 19.9 Å². The van der Waals surface area contributed by atoms with Crippen molar-refractivity contribution >= 4 is 29.4 Å². The van der Waals surface area contributed by atoms with Gasteiger partial charge in [0.1, 0.15) is 11.4 Å². The molecule has 2 fully saturated rings. The van der Waals surface area contributed by atoms with Crippen molar-refractivity contribution in [2.24, 2.45) is 5.92 Å². The summed E-state index contributed by atoms with van der Waals surface area (Å²) in [4.78, 5) is 32.3. The first-order valence-electron chi connectivity index (χ1n) is 11.1. The maximum Gasteiger partial charge on any atom is 0.417 e. The predicted molar refractivity (Wildman–Crippen MR) is 118 cm³/mol. The highest BCUT2D eigenvalue weighted by Crippen LogP contribution is 2.34. The number of ether oxygens (including phenoxy) is 1. The van der Waals surface area contributed by atoms with Crippen LogP contribution in [0, 0.1) is 5.92 Å². The third-order valence-corrected chi connectivity index (χ3v) is 6.09. The van der Waals surface area contributed by atoms with Gasteiger partial charge in [-0.1, -0.05) is 11.6 Å². The van der Waals surface area contributed by atoms with E-state index >= 15 is 0 Å². The topological polar surface area (TPSA) is 74.8 Å². The maximum atomic E-state index is 12.8. The van der Waals surface area contributed by atoms with E-state index in [1.807, 2.05) is 25.7 Å². The van der Waals surface area contributed by atoms with Crippen LogP contribution in [-0.4, -0.2) is 59.7 Å². The normalized spacial score (nSPS) is 18.9. The Morgan fingerprint density at radius 2 is 1.70 bits per heavy atom. The molecule has 2 saturated heterocycles. The summed E-state index contributed by atoms with van der Waals surface area (Å²) in [7, 11) is 0.